The van der Waals surface area contributed by atoms with Gasteiger partial charge in [-0.15, -0.1) is 0 Å². The summed E-state index contributed by atoms with van der Waals surface area (Å²) >= 11 is 0. The van der Waals surface area contributed by atoms with E-state index < -0.39 is 6.10 Å². The van der Waals surface area contributed by atoms with Crippen molar-refractivity contribution in [2.75, 3.05) is 13.2 Å². The van der Waals surface area contributed by atoms with E-state index in [2.05, 4.69) is 148 Å². The third kappa shape index (κ3) is 80.5. The first-order valence-electron chi connectivity index (χ1n) is 40.7. The van der Waals surface area contributed by atoms with Crippen molar-refractivity contribution in [1.29, 1.82) is 0 Å². The molecule has 0 saturated carbocycles. The molecule has 1 N–H and O–H groups in total. The first-order valence-corrected chi connectivity index (χ1v) is 40.7. The number of unbranched alkanes of at least 4 members (excludes halogenated alkanes) is 45. The summed E-state index contributed by atoms with van der Waals surface area (Å²) in [5.74, 6) is -0.572. The van der Waals surface area contributed by atoms with E-state index in [0.29, 0.717) is 12.8 Å². The standard InChI is InChI=1S/C89H154O5/c1-3-5-7-9-11-13-15-17-19-21-23-25-27-29-31-33-35-37-39-41-43-44-46-47-49-51-53-55-57-59-61-63-65-67-69-71-73-75-77-79-81-83-88(91)93-86-87(85-90)94-89(92)84-82-80-78-76-74-72-70-68-66-64-62-60-58-56-54-52-50-48-45-42-40-38-36-34-32-30-28-26-24-22-20-18-16-14-12-10-8-6-4-2/h5-8,11-14,17-20,23-26,29-32,36,38,87,90H,3-4,9-10,15-16,21-22,27-28,33-35,37,39-86H2,1-2H3/b7-5-,8-6-,13-11-,14-12-,19-17-,20-18-,25-23-,26-24-,31-29-,32-30-,38-36-. The number of aliphatic hydroxyl groups is 1. The third-order valence-electron chi connectivity index (χ3n) is 17.9. The van der Waals surface area contributed by atoms with Gasteiger partial charge in [0.15, 0.2) is 6.10 Å². The van der Waals surface area contributed by atoms with Crippen molar-refractivity contribution in [2.45, 2.75) is 405 Å². The lowest BCUT2D eigenvalue weighted by atomic mass is 10.0. The van der Waals surface area contributed by atoms with E-state index in [9.17, 15) is 14.7 Å². The molecule has 540 valence electrons. The van der Waals surface area contributed by atoms with Crippen LogP contribution in [0.15, 0.2) is 134 Å². The molecule has 0 spiro atoms. The lowest BCUT2D eigenvalue weighted by Gasteiger charge is -2.15. The Labute approximate surface area is 585 Å². The quantitative estimate of drug-likeness (QED) is 0.0373. The highest BCUT2D eigenvalue weighted by Gasteiger charge is 2.16. The number of aliphatic hydroxyl groups excluding tert-OH is 1. The minimum absolute atomic E-state index is 0.0639. The van der Waals surface area contributed by atoms with Crippen molar-refractivity contribution in [1.82, 2.24) is 0 Å². The van der Waals surface area contributed by atoms with Gasteiger partial charge in [0.1, 0.15) is 6.61 Å². The van der Waals surface area contributed by atoms with Gasteiger partial charge in [-0.1, -0.05) is 411 Å². The van der Waals surface area contributed by atoms with Gasteiger partial charge in [0.2, 0.25) is 0 Å². The number of esters is 2. The Bertz CT molecular complexity index is 1870. The summed E-state index contributed by atoms with van der Waals surface area (Å²) in [6, 6.07) is 0. The molecule has 0 amide bonds. The second-order valence-electron chi connectivity index (χ2n) is 27.1. The number of hydrogen-bond acceptors (Lipinski definition) is 5. The molecule has 0 aliphatic rings. The maximum absolute atomic E-state index is 12.4. The Morgan fingerprint density at radius 3 is 0.638 bits per heavy atom. The summed E-state index contributed by atoms with van der Waals surface area (Å²) in [5.41, 5.74) is 0. The summed E-state index contributed by atoms with van der Waals surface area (Å²) < 4.78 is 10.8. The van der Waals surface area contributed by atoms with Crippen LogP contribution >= 0.6 is 0 Å². The molecule has 0 heterocycles. The number of carbonyl (C=O) groups is 2. The fourth-order valence-electron chi connectivity index (χ4n) is 11.9. The molecule has 0 aliphatic carbocycles. The monoisotopic (exact) mass is 1300 g/mol. The largest absolute Gasteiger partial charge is 0.462 e. The average Bonchev–Trinajstić information content (AvgIpc) is 3.65. The van der Waals surface area contributed by atoms with Gasteiger partial charge in [-0.05, 0) is 109 Å². The third-order valence-corrected chi connectivity index (χ3v) is 17.9. The van der Waals surface area contributed by atoms with Crippen molar-refractivity contribution < 1.29 is 24.2 Å². The van der Waals surface area contributed by atoms with Gasteiger partial charge in [0.05, 0.1) is 6.61 Å². The number of ether oxygens (including phenoxy) is 2. The summed E-state index contributed by atoms with van der Waals surface area (Å²) in [6.07, 6.45) is 124. The molecule has 0 radical (unpaired) electrons. The highest BCUT2D eigenvalue weighted by Crippen LogP contribution is 2.19. The van der Waals surface area contributed by atoms with E-state index in [1.54, 1.807) is 0 Å². The Balaban J connectivity index is 3.41. The number of hydrogen-bond donors (Lipinski definition) is 1. The molecule has 5 heteroatoms. The molecule has 1 unspecified atom stereocenters. The molecular weight excluding hydrogens is 1150 g/mol. The summed E-state index contributed by atoms with van der Waals surface area (Å²) in [4.78, 5) is 24.7. The van der Waals surface area contributed by atoms with Crippen molar-refractivity contribution >= 4 is 11.9 Å². The summed E-state index contributed by atoms with van der Waals surface area (Å²) in [5, 5.41) is 9.74. The molecule has 0 aromatic heterocycles. The zero-order valence-corrected chi connectivity index (χ0v) is 62.2. The Morgan fingerprint density at radius 2 is 0.426 bits per heavy atom. The van der Waals surface area contributed by atoms with Crippen LogP contribution in [0.3, 0.4) is 0 Å². The van der Waals surface area contributed by atoms with Crippen molar-refractivity contribution in [3.05, 3.63) is 134 Å². The molecular formula is C89H154O5. The van der Waals surface area contributed by atoms with Gasteiger partial charge in [-0.2, -0.15) is 0 Å². The number of rotatable bonds is 75. The van der Waals surface area contributed by atoms with Crippen molar-refractivity contribution in [2.24, 2.45) is 0 Å². The lowest BCUT2D eigenvalue weighted by molar-refractivity contribution is -0.161. The smallest absolute Gasteiger partial charge is 0.306 e. The molecule has 5 nitrogen and oxygen atoms in total. The Morgan fingerprint density at radius 1 is 0.245 bits per heavy atom. The molecule has 94 heavy (non-hydrogen) atoms. The van der Waals surface area contributed by atoms with Crippen LogP contribution in [0, 0.1) is 0 Å². The molecule has 0 fully saturated rings. The van der Waals surface area contributed by atoms with Crippen LogP contribution in [0.5, 0.6) is 0 Å². The molecule has 0 aliphatic heterocycles. The molecule has 1 atom stereocenters. The van der Waals surface area contributed by atoms with Crippen LogP contribution in [0.25, 0.3) is 0 Å². The number of allylic oxidation sites excluding steroid dienone is 22. The zero-order valence-electron chi connectivity index (χ0n) is 62.2. The van der Waals surface area contributed by atoms with E-state index in [-0.39, 0.29) is 25.2 Å². The fourth-order valence-corrected chi connectivity index (χ4v) is 11.9. The summed E-state index contributed by atoms with van der Waals surface area (Å²) in [6.45, 7) is 3.95. The summed E-state index contributed by atoms with van der Waals surface area (Å²) in [7, 11) is 0. The van der Waals surface area contributed by atoms with Gasteiger partial charge in [-0.25, -0.2) is 0 Å². The predicted octanol–water partition coefficient (Wildman–Crippen LogP) is 29.0. The normalized spacial score (nSPS) is 12.9. The van der Waals surface area contributed by atoms with Crippen LogP contribution in [0.1, 0.15) is 399 Å². The van der Waals surface area contributed by atoms with Gasteiger partial charge in [0.25, 0.3) is 0 Å². The van der Waals surface area contributed by atoms with E-state index in [1.807, 2.05) is 0 Å². The van der Waals surface area contributed by atoms with Crippen LogP contribution in [0.4, 0.5) is 0 Å². The fraction of sp³-hybridized carbons (Fsp3) is 0.730. The second kappa shape index (κ2) is 83.3. The topological polar surface area (TPSA) is 72.8 Å². The molecule has 0 bridgehead atoms. The molecule has 0 rings (SSSR count). The van der Waals surface area contributed by atoms with Crippen LogP contribution < -0.4 is 0 Å². The maximum atomic E-state index is 12.4. The van der Waals surface area contributed by atoms with Gasteiger partial charge in [0, 0.05) is 12.8 Å². The average molecular weight is 1300 g/mol. The Kier molecular flexibility index (Phi) is 79.8. The van der Waals surface area contributed by atoms with E-state index in [4.69, 9.17) is 9.47 Å². The van der Waals surface area contributed by atoms with E-state index in [1.165, 1.54) is 263 Å². The van der Waals surface area contributed by atoms with E-state index in [0.717, 1.165) is 109 Å². The van der Waals surface area contributed by atoms with Gasteiger partial charge >= 0.3 is 11.9 Å². The van der Waals surface area contributed by atoms with E-state index >= 15 is 0 Å². The molecule has 0 aromatic rings. The van der Waals surface area contributed by atoms with Gasteiger partial charge in [-0.3, -0.25) is 9.59 Å². The number of carbonyl (C=O) groups excluding carboxylic acids is 2. The molecule has 0 aromatic carbocycles. The highest BCUT2D eigenvalue weighted by molar-refractivity contribution is 5.70. The van der Waals surface area contributed by atoms with Crippen LogP contribution in [-0.4, -0.2) is 36.4 Å². The predicted molar refractivity (Wildman–Crippen MR) is 417 cm³/mol. The first-order chi connectivity index (χ1) is 46.6. The maximum Gasteiger partial charge on any atom is 0.306 e. The van der Waals surface area contributed by atoms with Crippen LogP contribution in [0.2, 0.25) is 0 Å². The van der Waals surface area contributed by atoms with Crippen LogP contribution in [-0.2, 0) is 19.1 Å². The van der Waals surface area contributed by atoms with Crippen molar-refractivity contribution in [3.8, 4) is 0 Å². The minimum atomic E-state index is -0.776. The highest BCUT2D eigenvalue weighted by atomic mass is 16.6. The van der Waals surface area contributed by atoms with Crippen molar-refractivity contribution in [3.63, 3.8) is 0 Å². The lowest BCUT2D eigenvalue weighted by Crippen LogP contribution is -2.28. The van der Waals surface area contributed by atoms with Gasteiger partial charge < -0.3 is 14.6 Å². The molecule has 0 saturated heterocycles. The SMILES string of the molecule is CC/C=C\C/C=C\C/C=C\C/C=C\C/C=C\C/C=C\CCCCCCCCCCCCCCCCCCCCCCC(=O)OC(CO)COC(=O)CCCCCCCCCCCCCCCCCCCCCCCCCCC/C=C\C/C=C\C/C=C\C/C=C\C/C=C\CC. The Hall–Kier alpha value is -3.96. The zero-order chi connectivity index (χ0) is 67.5. The minimum Gasteiger partial charge on any atom is -0.462 e. The first kappa shape index (κ1) is 90.0. The second-order valence-corrected chi connectivity index (χ2v) is 27.1.